The largest absolute Gasteiger partial charge is 0.352 e. The van der Waals surface area contributed by atoms with Gasteiger partial charge in [-0.25, -0.2) is 8.78 Å². The van der Waals surface area contributed by atoms with Crippen molar-refractivity contribution in [3.63, 3.8) is 0 Å². The molecule has 6 heteroatoms. The van der Waals surface area contributed by atoms with Crippen molar-refractivity contribution in [2.24, 2.45) is 5.41 Å². The van der Waals surface area contributed by atoms with Gasteiger partial charge in [0.2, 0.25) is 0 Å². The first kappa shape index (κ1) is 23.4. The average molecular weight is 518 g/mol. The molecule has 0 amide bonds. The van der Waals surface area contributed by atoms with Gasteiger partial charge in [0.15, 0.2) is 17.3 Å². The van der Waals surface area contributed by atoms with Gasteiger partial charge in [0.05, 0.1) is 6.04 Å². The number of para-hydroxylation sites is 1. The monoisotopic (exact) mass is 517 g/mol. The van der Waals surface area contributed by atoms with E-state index in [-0.39, 0.29) is 22.9 Å². The number of carbonyl (C=O) groups is 3. The van der Waals surface area contributed by atoms with E-state index >= 15 is 0 Å². The van der Waals surface area contributed by atoms with Crippen molar-refractivity contribution in [1.29, 1.82) is 0 Å². The lowest BCUT2D eigenvalue weighted by molar-refractivity contribution is 0.0666. The van der Waals surface area contributed by atoms with Gasteiger partial charge < -0.3 is 4.90 Å². The molecule has 4 aromatic rings. The summed E-state index contributed by atoms with van der Waals surface area (Å²) >= 11 is 0. The number of halogens is 2. The Morgan fingerprint density at radius 2 is 1.28 bits per heavy atom. The molecule has 1 aliphatic carbocycles. The van der Waals surface area contributed by atoms with Crippen LogP contribution in [0, 0.1) is 17.0 Å². The van der Waals surface area contributed by atoms with E-state index in [2.05, 4.69) is 0 Å². The number of nitrogens with zero attached hydrogens (tertiary/aromatic N) is 1. The van der Waals surface area contributed by atoms with Crippen LogP contribution in [0.25, 0.3) is 6.08 Å². The van der Waals surface area contributed by atoms with Gasteiger partial charge in [-0.1, -0.05) is 66.7 Å². The van der Waals surface area contributed by atoms with Crippen LogP contribution in [0.3, 0.4) is 0 Å². The molecule has 0 bridgehead atoms. The molecule has 1 spiro atoms. The van der Waals surface area contributed by atoms with Crippen molar-refractivity contribution in [1.82, 2.24) is 0 Å². The molecule has 0 aromatic heterocycles. The maximum absolute atomic E-state index is 14.5. The Hall–Kier alpha value is -4.71. The lowest BCUT2D eigenvalue weighted by Gasteiger charge is -2.37. The zero-order valence-electron chi connectivity index (χ0n) is 20.6. The number of benzene rings is 4. The third-order valence-corrected chi connectivity index (χ3v) is 8.34. The first-order valence-electron chi connectivity index (χ1n) is 12.7. The fraction of sp³-hybridized carbons (Fsp3) is 0.121. The van der Waals surface area contributed by atoms with Crippen molar-refractivity contribution >= 4 is 29.1 Å². The predicted molar refractivity (Wildman–Crippen MR) is 143 cm³/mol. The first-order valence-corrected chi connectivity index (χ1v) is 12.7. The summed E-state index contributed by atoms with van der Waals surface area (Å²) in [5, 5.41) is 0. The summed E-state index contributed by atoms with van der Waals surface area (Å²) in [5.74, 6) is -2.96. The van der Waals surface area contributed by atoms with Gasteiger partial charge in [0, 0.05) is 28.3 Å². The average Bonchev–Trinajstić information content (AvgIpc) is 3.40. The number of rotatable bonds is 3. The van der Waals surface area contributed by atoms with E-state index < -0.39 is 35.1 Å². The molecule has 2 heterocycles. The molecule has 0 radical (unpaired) electrons. The standard InChI is InChI=1S/C33H21F2NO3/c34-22-14-9-20(10-15-22)28-29(30(37)21-11-16-23(35)17-12-21)36-26-8-4-1-5-19(26)13-18-27(36)33(28)31(38)24-6-2-3-7-25(24)32(33)39/h1-18,27-29H/t27-,28-,29+/m0/s1. The van der Waals surface area contributed by atoms with Crippen molar-refractivity contribution in [3.8, 4) is 0 Å². The number of fused-ring (bicyclic) bond motifs is 5. The van der Waals surface area contributed by atoms with E-state index in [4.69, 9.17) is 0 Å². The molecule has 39 heavy (non-hydrogen) atoms. The van der Waals surface area contributed by atoms with Gasteiger partial charge >= 0.3 is 0 Å². The second-order valence-corrected chi connectivity index (χ2v) is 10.2. The zero-order chi connectivity index (χ0) is 26.9. The Morgan fingerprint density at radius 1 is 0.718 bits per heavy atom. The Labute approximate surface area is 223 Å². The van der Waals surface area contributed by atoms with Gasteiger partial charge in [0.1, 0.15) is 23.1 Å². The predicted octanol–water partition coefficient (Wildman–Crippen LogP) is 6.28. The minimum Gasteiger partial charge on any atom is -0.352 e. The lowest BCUT2D eigenvalue weighted by atomic mass is 9.64. The summed E-state index contributed by atoms with van der Waals surface area (Å²) in [6, 6.07) is 23.4. The zero-order valence-corrected chi connectivity index (χ0v) is 20.6. The molecule has 0 N–H and O–H groups in total. The maximum atomic E-state index is 14.5. The quantitative estimate of drug-likeness (QED) is 0.237. The van der Waals surface area contributed by atoms with Gasteiger partial charge in [0.25, 0.3) is 0 Å². The summed E-state index contributed by atoms with van der Waals surface area (Å²) in [4.78, 5) is 45.3. The summed E-state index contributed by atoms with van der Waals surface area (Å²) in [7, 11) is 0. The number of carbonyl (C=O) groups excluding carboxylic acids is 3. The minimum absolute atomic E-state index is 0.256. The highest BCUT2D eigenvalue weighted by Crippen LogP contribution is 2.60. The Morgan fingerprint density at radius 3 is 1.92 bits per heavy atom. The highest BCUT2D eigenvalue weighted by atomic mass is 19.1. The maximum Gasteiger partial charge on any atom is 0.185 e. The second kappa shape index (κ2) is 8.40. The summed E-state index contributed by atoms with van der Waals surface area (Å²) in [5.41, 5.74) is 1.29. The molecule has 0 saturated carbocycles. The lowest BCUT2D eigenvalue weighted by Crippen LogP contribution is -2.48. The normalized spacial score (nSPS) is 22.1. The van der Waals surface area contributed by atoms with Gasteiger partial charge in [-0.2, -0.15) is 0 Å². The molecule has 1 saturated heterocycles. The molecular weight excluding hydrogens is 496 g/mol. The SMILES string of the molecule is O=C(c1ccc(F)cc1)[C@H]1[C@H](c2ccc(F)cc2)C2(C(=O)c3ccccc3C2=O)[C@@H]2C=Cc3ccccc3N21. The number of ketones is 3. The Bertz CT molecular complexity index is 1670. The summed E-state index contributed by atoms with van der Waals surface area (Å²) < 4.78 is 27.9. The highest BCUT2D eigenvalue weighted by molar-refractivity contribution is 6.32. The van der Waals surface area contributed by atoms with E-state index in [0.717, 1.165) is 5.56 Å². The van der Waals surface area contributed by atoms with Gasteiger partial charge in [-0.3, -0.25) is 14.4 Å². The molecule has 2 aliphatic heterocycles. The third-order valence-electron chi connectivity index (χ3n) is 8.34. The molecule has 0 unspecified atom stereocenters. The van der Waals surface area contributed by atoms with Crippen LogP contribution in [0.2, 0.25) is 0 Å². The number of hydrogen-bond acceptors (Lipinski definition) is 4. The first-order chi connectivity index (χ1) is 18.9. The van der Waals surface area contributed by atoms with Crippen LogP contribution in [0.5, 0.6) is 0 Å². The topological polar surface area (TPSA) is 54.5 Å². The van der Waals surface area contributed by atoms with Crippen LogP contribution >= 0.6 is 0 Å². The van der Waals surface area contributed by atoms with E-state index in [9.17, 15) is 23.2 Å². The van der Waals surface area contributed by atoms with E-state index in [1.807, 2.05) is 41.3 Å². The second-order valence-electron chi connectivity index (χ2n) is 10.2. The highest BCUT2D eigenvalue weighted by Gasteiger charge is 2.71. The van der Waals surface area contributed by atoms with Crippen LogP contribution in [0.4, 0.5) is 14.5 Å². The molecule has 3 atom stereocenters. The van der Waals surface area contributed by atoms with Crippen LogP contribution < -0.4 is 4.90 Å². The van der Waals surface area contributed by atoms with E-state index in [1.54, 1.807) is 36.4 Å². The van der Waals surface area contributed by atoms with Crippen molar-refractivity contribution < 1.29 is 23.2 Å². The molecule has 1 fully saturated rings. The minimum atomic E-state index is -1.66. The Balaban J connectivity index is 1.54. The van der Waals surface area contributed by atoms with Gasteiger partial charge in [-0.05, 0) is 53.6 Å². The molecule has 3 aliphatic rings. The van der Waals surface area contributed by atoms with Crippen molar-refractivity contribution in [2.45, 2.75) is 18.0 Å². The van der Waals surface area contributed by atoms with E-state index in [0.29, 0.717) is 22.4 Å². The summed E-state index contributed by atoms with van der Waals surface area (Å²) in [6.45, 7) is 0. The van der Waals surface area contributed by atoms with E-state index in [1.165, 1.54) is 36.4 Å². The number of anilines is 1. The van der Waals surface area contributed by atoms with Gasteiger partial charge in [-0.15, -0.1) is 0 Å². The third kappa shape index (κ3) is 3.12. The molecule has 190 valence electrons. The molecule has 7 rings (SSSR count). The van der Waals surface area contributed by atoms with Crippen molar-refractivity contribution in [2.75, 3.05) is 4.90 Å². The molecule has 4 aromatic carbocycles. The summed E-state index contributed by atoms with van der Waals surface area (Å²) in [6.07, 6.45) is 3.72. The number of Topliss-reactive ketones (excluding diaryl/α,β-unsaturated/α-hetero) is 3. The Kier molecular flexibility index (Phi) is 5.04. The number of hydrogen-bond donors (Lipinski definition) is 0. The van der Waals surface area contributed by atoms with Crippen LogP contribution in [0.1, 0.15) is 48.1 Å². The fourth-order valence-electron chi connectivity index (χ4n) is 6.75. The molecular formula is C33H21F2NO3. The van der Waals surface area contributed by atoms with Crippen LogP contribution in [-0.4, -0.2) is 29.4 Å². The van der Waals surface area contributed by atoms with Crippen LogP contribution in [0.15, 0.2) is 103 Å². The smallest absolute Gasteiger partial charge is 0.185 e. The van der Waals surface area contributed by atoms with Crippen molar-refractivity contribution in [3.05, 3.63) is 143 Å². The van der Waals surface area contributed by atoms with Crippen LogP contribution in [-0.2, 0) is 0 Å². The fourth-order valence-corrected chi connectivity index (χ4v) is 6.75. The molecule has 4 nitrogen and oxygen atoms in total.